The summed E-state index contributed by atoms with van der Waals surface area (Å²) >= 11 is 0. The summed E-state index contributed by atoms with van der Waals surface area (Å²) in [5, 5.41) is 0. The first-order valence-corrected chi connectivity index (χ1v) is 14.2. The molecule has 2 aromatic heterocycles. The Labute approximate surface area is 287 Å². The van der Waals surface area contributed by atoms with Crippen LogP contribution in [-0.4, -0.2) is 28.2 Å². The zero-order valence-electron chi connectivity index (χ0n) is 25.8. The highest BCUT2D eigenvalue weighted by Gasteiger charge is 2.08. The summed E-state index contributed by atoms with van der Waals surface area (Å²) in [6.45, 7) is 6.45. The van der Waals surface area contributed by atoms with Gasteiger partial charge in [0.25, 0.3) is 0 Å². The normalized spacial score (nSPS) is 10.9. The molecule has 4 nitrogen and oxygen atoms in total. The van der Waals surface area contributed by atoms with Gasteiger partial charge in [0, 0.05) is 75.7 Å². The fourth-order valence-electron chi connectivity index (χ4n) is 4.73. The number of aromatic nitrogens is 2. The number of aryl methyl sites for hydroxylation is 4. The van der Waals surface area contributed by atoms with Crippen molar-refractivity contribution >= 4 is 35.7 Å². The summed E-state index contributed by atoms with van der Waals surface area (Å²) < 4.78 is 4.63. The third kappa shape index (κ3) is 10.5. The van der Waals surface area contributed by atoms with E-state index in [4.69, 9.17) is 0 Å². The van der Waals surface area contributed by atoms with Gasteiger partial charge in [-0.3, -0.25) is 0 Å². The zero-order valence-corrected chi connectivity index (χ0v) is 30.1. The lowest BCUT2D eigenvalue weighted by molar-refractivity contribution is -0.708. The summed E-state index contributed by atoms with van der Waals surface area (Å²) in [6, 6.07) is 21.7. The van der Waals surface area contributed by atoms with Crippen LogP contribution in [0.25, 0.3) is 24.3 Å². The van der Waals surface area contributed by atoms with E-state index in [-0.39, 0.29) is 48.0 Å². The van der Waals surface area contributed by atoms with Gasteiger partial charge in [0.2, 0.25) is 0 Å². The van der Waals surface area contributed by atoms with Gasteiger partial charge >= 0.3 is 0 Å². The van der Waals surface area contributed by atoms with Gasteiger partial charge in [-0.1, -0.05) is 48.6 Å². The lowest BCUT2D eigenvalue weighted by Gasteiger charge is -2.11. The molecule has 4 rings (SSSR count). The fourth-order valence-corrected chi connectivity index (χ4v) is 4.73. The van der Waals surface area contributed by atoms with Crippen molar-refractivity contribution in [2.75, 3.05) is 38.0 Å². The van der Waals surface area contributed by atoms with Crippen LogP contribution in [0, 0.1) is 13.8 Å². The summed E-state index contributed by atoms with van der Waals surface area (Å²) in [7, 11) is 8.27. The second-order valence-electron chi connectivity index (χ2n) is 11.0. The zero-order chi connectivity index (χ0) is 28.5. The molecule has 0 saturated carbocycles. The molecule has 0 saturated heterocycles. The smallest absolute Gasteiger partial charge is 0.172 e. The van der Waals surface area contributed by atoms with E-state index < -0.39 is 0 Å². The molecule has 222 valence electrons. The van der Waals surface area contributed by atoms with Gasteiger partial charge in [0.05, 0.1) is 0 Å². The predicted octanol–water partition coefficient (Wildman–Crippen LogP) is 0.840. The molecule has 2 aromatic carbocycles. The topological polar surface area (TPSA) is 14.2 Å². The number of unbranched alkanes of at least 4 members (excludes halogenated alkanes) is 1. The van der Waals surface area contributed by atoms with E-state index in [0.29, 0.717) is 0 Å². The van der Waals surface area contributed by atoms with E-state index in [1.54, 1.807) is 0 Å². The minimum atomic E-state index is 0. The number of anilines is 2. The average Bonchev–Trinajstić information content (AvgIpc) is 2.95. The summed E-state index contributed by atoms with van der Waals surface area (Å²) in [6.07, 6.45) is 20.0. The molecule has 6 heteroatoms. The van der Waals surface area contributed by atoms with E-state index in [1.807, 2.05) is 0 Å². The SMILES string of the molecule is Cc1c[n+](CCCC[n+]2ccc(/C=C/c3ccc(N(C)C)cc3)c(C)c2)ccc1/C=C/c1ccc(N(C)C)cc1.[I-].[I-]. The Morgan fingerprint density at radius 2 is 0.881 bits per heavy atom. The summed E-state index contributed by atoms with van der Waals surface area (Å²) in [5.41, 5.74) is 9.99. The van der Waals surface area contributed by atoms with Crippen molar-refractivity contribution in [3.63, 3.8) is 0 Å². The summed E-state index contributed by atoms with van der Waals surface area (Å²) in [4.78, 5) is 4.24. The predicted molar refractivity (Wildman–Crippen MR) is 171 cm³/mol. The van der Waals surface area contributed by atoms with Gasteiger partial charge in [0.15, 0.2) is 24.8 Å². The third-order valence-corrected chi connectivity index (χ3v) is 7.33. The van der Waals surface area contributed by atoms with E-state index in [0.717, 1.165) is 25.9 Å². The van der Waals surface area contributed by atoms with Crippen LogP contribution in [0.5, 0.6) is 0 Å². The Balaban J connectivity index is 0.00000308. The van der Waals surface area contributed by atoms with Crippen molar-refractivity contribution in [3.05, 3.63) is 119 Å². The summed E-state index contributed by atoms with van der Waals surface area (Å²) in [5.74, 6) is 0. The maximum Gasteiger partial charge on any atom is 0.172 e. The van der Waals surface area contributed by atoms with Crippen LogP contribution in [-0.2, 0) is 13.1 Å². The molecule has 0 aliphatic rings. The van der Waals surface area contributed by atoms with Crippen molar-refractivity contribution in [1.29, 1.82) is 0 Å². The van der Waals surface area contributed by atoms with Crippen LogP contribution < -0.4 is 66.9 Å². The molecule has 0 amide bonds. The first kappa shape index (κ1) is 35.5. The Bertz CT molecular complexity index is 1340. The van der Waals surface area contributed by atoms with Crippen molar-refractivity contribution in [2.24, 2.45) is 0 Å². The Morgan fingerprint density at radius 1 is 0.524 bits per heavy atom. The lowest BCUT2D eigenvalue weighted by Crippen LogP contribution is -3.00. The van der Waals surface area contributed by atoms with Gasteiger partial charge in [-0.2, -0.15) is 0 Å². The maximum atomic E-state index is 2.31. The van der Waals surface area contributed by atoms with Gasteiger partial charge in [0.1, 0.15) is 13.1 Å². The average molecular weight is 787 g/mol. The van der Waals surface area contributed by atoms with E-state index in [1.165, 1.54) is 44.8 Å². The molecule has 0 N–H and O–H groups in total. The maximum absolute atomic E-state index is 2.31. The van der Waals surface area contributed by atoms with Gasteiger partial charge in [-0.05, 0) is 60.4 Å². The number of hydrogen-bond donors (Lipinski definition) is 0. The minimum absolute atomic E-state index is 0. The molecule has 0 atom stereocenters. The van der Waals surface area contributed by atoms with E-state index >= 15 is 0 Å². The van der Waals surface area contributed by atoms with Crippen LogP contribution in [0.1, 0.15) is 46.2 Å². The first-order chi connectivity index (χ1) is 19.3. The van der Waals surface area contributed by atoms with Crippen molar-refractivity contribution < 1.29 is 57.1 Å². The number of nitrogens with zero attached hydrogens (tertiary/aromatic N) is 4. The molecule has 4 aromatic rings. The highest BCUT2D eigenvalue weighted by Crippen LogP contribution is 2.17. The van der Waals surface area contributed by atoms with Gasteiger partial charge in [-0.15, -0.1) is 0 Å². The van der Waals surface area contributed by atoms with Crippen LogP contribution in [0.4, 0.5) is 11.4 Å². The second kappa shape index (κ2) is 17.4. The first-order valence-electron chi connectivity index (χ1n) is 14.2. The van der Waals surface area contributed by atoms with Crippen molar-refractivity contribution in [1.82, 2.24) is 0 Å². The van der Waals surface area contributed by atoms with Crippen molar-refractivity contribution in [3.8, 4) is 0 Å². The Hall–Kier alpha value is -2.72. The van der Waals surface area contributed by atoms with Crippen molar-refractivity contribution in [2.45, 2.75) is 39.8 Å². The molecule has 0 aliphatic carbocycles. The number of benzene rings is 2. The quantitative estimate of drug-likeness (QED) is 0.127. The molecule has 0 spiro atoms. The molecule has 42 heavy (non-hydrogen) atoms. The van der Waals surface area contributed by atoms with Crippen LogP contribution in [0.15, 0.2) is 85.5 Å². The van der Waals surface area contributed by atoms with E-state index in [9.17, 15) is 0 Å². The van der Waals surface area contributed by atoms with Crippen LogP contribution in [0.2, 0.25) is 0 Å². The number of halogens is 2. The fraction of sp³-hybridized carbons (Fsp3) is 0.278. The number of pyridine rings is 2. The van der Waals surface area contributed by atoms with E-state index in [2.05, 4.69) is 171 Å². The number of hydrogen-bond acceptors (Lipinski definition) is 2. The highest BCUT2D eigenvalue weighted by atomic mass is 127. The standard InChI is InChI=1S/C36H44N4.2HI/c1-29-27-39(25-21-33(29)15-9-31-11-17-35(18-12-31)37(3)4)23-7-8-24-40-26-22-34(30(2)28-40)16-10-32-13-19-36(20-14-32)38(5)6;;/h9-22,25-28H,7-8,23-24H2,1-6H3;2*1H/q+2;;/p-2. The molecule has 0 bridgehead atoms. The second-order valence-corrected chi connectivity index (χ2v) is 11.0. The monoisotopic (exact) mass is 786 g/mol. The molecule has 2 heterocycles. The molecule has 0 unspecified atom stereocenters. The molecular formula is C36H44I2N4. The Morgan fingerprint density at radius 3 is 1.19 bits per heavy atom. The highest BCUT2D eigenvalue weighted by molar-refractivity contribution is 5.72. The van der Waals surface area contributed by atoms with Gasteiger partial charge in [-0.25, -0.2) is 9.13 Å². The number of rotatable bonds is 11. The van der Waals surface area contributed by atoms with Crippen LogP contribution >= 0.6 is 0 Å². The molecular weight excluding hydrogens is 742 g/mol. The third-order valence-electron chi connectivity index (χ3n) is 7.33. The molecule has 0 aliphatic heterocycles. The minimum Gasteiger partial charge on any atom is -1.00 e. The largest absolute Gasteiger partial charge is 1.00 e. The Kier molecular flexibility index (Phi) is 14.7. The van der Waals surface area contributed by atoms with Gasteiger partial charge < -0.3 is 57.8 Å². The lowest BCUT2D eigenvalue weighted by atomic mass is 10.1. The molecule has 0 fully saturated rings. The van der Waals surface area contributed by atoms with Crippen LogP contribution in [0.3, 0.4) is 0 Å². The molecule has 0 radical (unpaired) electrons.